The number of anilines is 1. The number of amides is 2. The van der Waals surface area contributed by atoms with Gasteiger partial charge in [0.25, 0.3) is 5.91 Å². The fourth-order valence-corrected chi connectivity index (χ4v) is 4.17. The van der Waals surface area contributed by atoms with Gasteiger partial charge in [0, 0.05) is 6.08 Å². The lowest BCUT2D eigenvalue weighted by Gasteiger charge is -2.19. The Labute approximate surface area is 204 Å². The molecule has 0 saturated heterocycles. The Hall–Kier alpha value is -3.92. The molecule has 2 amide bonds. The van der Waals surface area contributed by atoms with Gasteiger partial charge in [-0.1, -0.05) is 42.1 Å². The molecule has 0 fully saturated rings. The Morgan fingerprint density at radius 3 is 2.54 bits per heavy atom. The summed E-state index contributed by atoms with van der Waals surface area (Å²) in [5.41, 5.74) is 1.48. The minimum Gasteiger partial charge on any atom is -0.465 e. The molecule has 0 bridgehead atoms. The summed E-state index contributed by atoms with van der Waals surface area (Å²) in [6.07, 6.45) is 2.97. The van der Waals surface area contributed by atoms with Crippen LogP contribution in [0.3, 0.4) is 0 Å². The van der Waals surface area contributed by atoms with Gasteiger partial charge in [0.05, 0.1) is 23.7 Å². The molecule has 4 rings (SSSR count). The molecule has 35 heavy (non-hydrogen) atoms. The van der Waals surface area contributed by atoms with Crippen molar-refractivity contribution in [2.75, 3.05) is 10.7 Å². The molecular formula is C25H21F2N3O4S. The molecule has 1 aliphatic rings. The van der Waals surface area contributed by atoms with Gasteiger partial charge in [-0.3, -0.25) is 14.5 Å². The summed E-state index contributed by atoms with van der Waals surface area (Å²) in [4.78, 5) is 31.5. The highest BCUT2D eigenvalue weighted by Gasteiger charge is 2.32. The maximum Gasteiger partial charge on any atom is 0.387 e. The lowest BCUT2D eigenvalue weighted by atomic mass is 10.1. The fraction of sp³-hybridized carbons (Fsp3) is 0.160. The highest BCUT2D eigenvalue weighted by Crippen LogP contribution is 2.31. The summed E-state index contributed by atoms with van der Waals surface area (Å²) in [5.74, 6) is -0.254. The second-order valence-electron chi connectivity index (χ2n) is 7.44. The predicted molar refractivity (Wildman–Crippen MR) is 130 cm³/mol. The van der Waals surface area contributed by atoms with E-state index in [0.29, 0.717) is 11.4 Å². The summed E-state index contributed by atoms with van der Waals surface area (Å²) in [5, 5.41) is 3.20. The van der Waals surface area contributed by atoms with Gasteiger partial charge < -0.3 is 14.5 Å². The number of ether oxygens (including phenoxy) is 1. The molecule has 3 aromatic rings. The van der Waals surface area contributed by atoms with Gasteiger partial charge in [0.15, 0.2) is 5.17 Å². The Bertz CT molecular complexity index is 1230. The third kappa shape index (κ3) is 6.15. The first kappa shape index (κ1) is 24.2. The fourth-order valence-electron chi connectivity index (χ4n) is 3.34. The Kier molecular flexibility index (Phi) is 7.61. The smallest absolute Gasteiger partial charge is 0.387 e. The first-order valence-corrected chi connectivity index (χ1v) is 11.6. The predicted octanol–water partition coefficient (Wildman–Crippen LogP) is 5.24. The molecule has 1 atom stereocenters. The van der Waals surface area contributed by atoms with Crippen LogP contribution in [0.25, 0.3) is 6.08 Å². The van der Waals surface area contributed by atoms with E-state index in [9.17, 15) is 18.4 Å². The molecule has 10 heteroatoms. The minimum absolute atomic E-state index is 0.0143. The van der Waals surface area contributed by atoms with E-state index in [1.54, 1.807) is 12.1 Å². The third-order valence-electron chi connectivity index (χ3n) is 4.98. The molecule has 7 nitrogen and oxygen atoms in total. The number of aliphatic imine (C=N–C) groups is 1. The van der Waals surface area contributed by atoms with E-state index in [2.05, 4.69) is 15.0 Å². The molecule has 2 aromatic carbocycles. The zero-order chi connectivity index (χ0) is 24.8. The van der Waals surface area contributed by atoms with Gasteiger partial charge >= 0.3 is 6.61 Å². The number of alkyl halides is 2. The normalized spacial score (nSPS) is 15.4. The van der Waals surface area contributed by atoms with E-state index in [-0.39, 0.29) is 34.3 Å². The van der Waals surface area contributed by atoms with Crippen LogP contribution in [-0.2, 0) is 9.59 Å². The maximum absolute atomic E-state index is 13.1. The van der Waals surface area contributed by atoms with Crippen molar-refractivity contribution in [3.63, 3.8) is 0 Å². The van der Waals surface area contributed by atoms with Gasteiger partial charge in [0.2, 0.25) is 5.91 Å². The van der Waals surface area contributed by atoms with Crippen LogP contribution in [-0.4, -0.2) is 29.3 Å². The summed E-state index contributed by atoms with van der Waals surface area (Å²) in [6, 6.07) is 18.3. The second-order valence-corrected chi connectivity index (χ2v) is 8.38. The number of benzene rings is 2. The summed E-state index contributed by atoms with van der Waals surface area (Å²) >= 11 is 1.09. The van der Waals surface area contributed by atoms with E-state index in [1.165, 1.54) is 41.5 Å². The van der Waals surface area contributed by atoms with E-state index in [1.807, 2.05) is 37.3 Å². The number of hydrogen-bond acceptors (Lipinski definition) is 6. The number of nitrogens with zero attached hydrogens (tertiary/aromatic N) is 2. The number of nitrogens with one attached hydrogen (secondary N) is 1. The second kappa shape index (κ2) is 11.0. The highest BCUT2D eigenvalue weighted by atomic mass is 32.2. The molecule has 1 N–H and O–H groups in total. The number of carbonyl (C=O) groups excluding carboxylic acids is 2. The van der Waals surface area contributed by atoms with Crippen molar-refractivity contribution in [2.45, 2.75) is 19.6 Å². The molecule has 1 unspecified atom stereocenters. The molecule has 1 aromatic heterocycles. The zero-order valence-electron chi connectivity index (χ0n) is 18.6. The average Bonchev–Trinajstić information content (AvgIpc) is 3.47. The van der Waals surface area contributed by atoms with E-state index in [0.717, 1.165) is 17.3 Å². The van der Waals surface area contributed by atoms with Crippen molar-refractivity contribution in [3.05, 3.63) is 90.0 Å². The van der Waals surface area contributed by atoms with Gasteiger partial charge in [-0.05, 0) is 48.9 Å². The molecule has 180 valence electrons. The van der Waals surface area contributed by atoms with Crippen molar-refractivity contribution in [1.82, 2.24) is 5.32 Å². The molecule has 1 aliphatic heterocycles. The van der Waals surface area contributed by atoms with Crippen LogP contribution in [0.5, 0.6) is 5.75 Å². The largest absolute Gasteiger partial charge is 0.465 e. The molecule has 0 radical (unpaired) electrons. The van der Waals surface area contributed by atoms with Crippen LogP contribution in [0, 0.1) is 0 Å². The van der Waals surface area contributed by atoms with E-state index < -0.39 is 12.5 Å². The Balaban J connectivity index is 1.51. The lowest BCUT2D eigenvalue weighted by Crippen LogP contribution is -2.33. The van der Waals surface area contributed by atoms with Crippen LogP contribution in [0.1, 0.15) is 24.3 Å². The molecule has 0 spiro atoms. The summed E-state index contributed by atoms with van der Waals surface area (Å²) in [7, 11) is 0. The van der Waals surface area contributed by atoms with Crippen molar-refractivity contribution < 1.29 is 27.5 Å². The Morgan fingerprint density at radius 1 is 1.14 bits per heavy atom. The number of halogens is 2. The van der Waals surface area contributed by atoms with Crippen LogP contribution < -0.4 is 15.0 Å². The zero-order valence-corrected chi connectivity index (χ0v) is 19.4. The number of amidine groups is 1. The minimum atomic E-state index is -2.96. The lowest BCUT2D eigenvalue weighted by molar-refractivity contribution is -0.119. The van der Waals surface area contributed by atoms with Crippen molar-refractivity contribution in [2.24, 2.45) is 4.99 Å². The van der Waals surface area contributed by atoms with E-state index >= 15 is 0 Å². The van der Waals surface area contributed by atoms with Crippen molar-refractivity contribution in [1.29, 1.82) is 0 Å². The van der Waals surface area contributed by atoms with Crippen LogP contribution in [0.15, 0.2) is 88.1 Å². The number of carbonyl (C=O) groups is 2. The molecular weight excluding hydrogens is 476 g/mol. The first-order chi connectivity index (χ1) is 16.9. The highest BCUT2D eigenvalue weighted by molar-refractivity contribution is 8.14. The standard InChI is InChI=1S/C25H21F2N3O4S/c1-16(17-6-3-2-4-7-17)28-22(31)15-35-25-29-21(14-20-8-5-13-33-20)23(32)30(25)18-9-11-19(12-10-18)34-24(26)27/h2-14,16,24H,15H2,1H3,(H,28,31)/b21-14-. The summed E-state index contributed by atoms with van der Waals surface area (Å²) in [6.45, 7) is -1.07. The SMILES string of the molecule is CC(NC(=O)CSC1=N/C(=C\c2ccco2)C(=O)N1c1ccc(OC(F)F)cc1)c1ccccc1. The van der Waals surface area contributed by atoms with Gasteiger partial charge in [-0.2, -0.15) is 8.78 Å². The van der Waals surface area contributed by atoms with Gasteiger partial charge in [-0.25, -0.2) is 4.99 Å². The number of thioether (sulfide) groups is 1. The molecule has 0 aliphatic carbocycles. The van der Waals surface area contributed by atoms with Crippen LogP contribution >= 0.6 is 11.8 Å². The molecule has 0 saturated carbocycles. The van der Waals surface area contributed by atoms with Crippen molar-refractivity contribution >= 4 is 40.5 Å². The number of furan rings is 1. The maximum atomic E-state index is 13.1. The third-order valence-corrected chi connectivity index (χ3v) is 5.92. The average molecular weight is 498 g/mol. The number of hydrogen-bond donors (Lipinski definition) is 1. The quantitative estimate of drug-likeness (QED) is 0.431. The first-order valence-electron chi connectivity index (χ1n) is 10.6. The number of rotatable bonds is 8. The van der Waals surface area contributed by atoms with Crippen LogP contribution in [0.2, 0.25) is 0 Å². The summed E-state index contributed by atoms with van der Waals surface area (Å²) < 4.78 is 34.6. The topological polar surface area (TPSA) is 84.1 Å². The van der Waals surface area contributed by atoms with E-state index in [4.69, 9.17) is 4.42 Å². The monoisotopic (exact) mass is 497 g/mol. The van der Waals surface area contributed by atoms with Gasteiger partial charge in [0.1, 0.15) is 17.2 Å². The molecule has 2 heterocycles. The van der Waals surface area contributed by atoms with Crippen LogP contribution in [0.4, 0.5) is 14.5 Å². The van der Waals surface area contributed by atoms with Gasteiger partial charge in [-0.15, -0.1) is 0 Å². The van der Waals surface area contributed by atoms with Crippen molar-refractivity contribution in [3.8, 4) is 5.75 Å². The Morgan fingerprint density at radius 2 is 1.89 bits per heavy atom.